The molecule has 4 nitrogen and oxygen atoms in total. The van der Waals surface area contributed by atoms with Gasteiger partial charge in [0, 0.05) is 51.3 Å². The van der Waals surface area contributed by atoms with Gasteiger partial charge in [-0.25, -0.2) is 0 Å². The Morgan fingerprint density at radius 3 is 2.90 bits per heavy atom. The van der Waals surface area contributed by atoms with Gasteiger partial charge in [0.1, 0.15) is 0 Å². The highest BCUT2D eigenvalue weighted by molar-refractivity contribution is 7.99. The van der Waals surface area contributed by atoms with Gasteiger partial charge in [0.15, 0.2) is 5.96 Å². The molecule has 116 valence electrons. The van der Waals surface area contributed by atoms with Crippen LogP contribution in [-0.4, -0.2) is 62.1 Å². The Kier molecular flexibility index (Phi) is 6.95. The second kappa shape index (κ2) is 9.00. The Morgan fingerprint density at radius 1 is 1.48 bits per heavy atom. The fourth-order valence-electron chi connectivity index (χ4n) is 2.32. The zero-order chi connectivity index (χ0) is 14.9. The second-order valence-corrected chi connectivity index (χ2v) is 6.84. The molecule has 2 rings (SSSR count). The standard InChI is InChI=1S/C15H24N4S2/c1-3-11-20-13-6-17-15(16-2)19-9-7-18(8-10-19)14-5-4-12-21-14/h3-5,12H,1,6-11,13H2,2H3,(H,16,17). The molecule has 0 amide bonds. The van der Waals surface area contributed by atoms with E-state index in [1.165, 1.54) is 5.00 Å². The number of guanidine groups is 1. The molecule has 1 aliphatic rings. The molecule has 21 heavy (non-hydrogen) atoms. The largest absolute Gasteiger partial charge is 0.360 e. The summed E-state index contributed by atoms with van der Waals surface area (Å²) in [6.07, 6.45) is 1.95. The van der Waals surface area contributed by atoms with E-state index in [1.54, 1.807) is 0 Å². The molecule has 1 aromatic heterocycles. The number of piperazine rings is 1. The van der Waals surface area contributed by atoms with E-state index >= 15 is 0 Å². The number of hydrogen-bond acceptors (Lipinski definition) is 4. The van der Waals surface area contributed by atoms with Crippen LogP contribution in [0.25, 0.3) is 0 Å². The molecule has 0 unspecified atom stereocenters. The van der Waals surface area contributed by atoms with Gasteiger partial charge in [-0.05, 0) is 17.5 Å². The highest BCUT2D eigenvalue weighted by Crippen LogP contribution is 2.22. The topological polar surface area (TPSA) is 30.9 Å². The van der Waals surface area contributed by atoms with Crippen LogP contribution in [0.4, 0.5) is 5.00 Å². The Morgan fingerprint density at radius 2 is 2.29 bits per heavy atom. The molecule has 1 fully saturated rings. The Balaban J connectivity index is 1.73. The molecule has 0 spiro atoms. The van der Waals surface area contributed by atoms with Gasteiger partial charge in [0.25, 0.3) is 0 Å². The zero-order valence-electron chi connectivity index (χ0n) is 12.6. The first-order valence-electron chi connectivity index (χ1n) is 7.28. The minimum absolute atomic E-state index is 0.955. The van der Waals surface area contributed by atoms with Crippen LogP contribution in [0.2, 0.25) is 0 Å². The van der Waals surface area contributed by atoms with Gasteiger partial charge in [-0.3, -0.25) is 4.99 Å². The number of aliphatic imine (C=N–C) groups is 1. The van der Waals surface area contributed by atoms with Crippen LogP contribution in [0.15, 0.2) is 35.2 Å². The molecule has 1 aromatic rings. The minimum atomic E-state index is 0.955. The molecule has 1 aliphatic heterocycles. The van der Waals surface area contributed by atoms with Crippen LogP contribution >= 0.6 is 23.1 Å². The maximum absolute atomic E-state index is 4.40. The lowest BCUT2D eigenvalue weighted by Gasteiger charge is -2.37. The van der Waals surface area contributed by atoms with Gasteiger partial charge in [-0.1, -0.05) is 6.08 Å². The highest BCUT2D eigenvalue weighted by atomic mass is 32.2. The zero-order valence-corrected chi connectivity index (χ0v) is 14.3. The summed E-state index contributed by atoms with van der Waals surface area (Å²) in [5.74, 6) is 3.13. The number of thioether (sulfide) groups is 1. The van der Waals surface area contributed by atoms with Crippen molar-refractivity contribution in [1.82, 2.24) is 10.2 Å². The third-order valence-electron chi connectivity index (χ3n) is 3.37. The Bertz CT molecular complexity index is 437. The number of rotatable bonds is 6. The van der Waals surface area contributed by atoms with Crippen LogP contribution in [-0.2, 0) is 0 Å². The van der Waals surface area contributed by atoms with Crippen molar-refractivity contribution < 1.29 is 0 Å². The number of hydrogen-bond donors (Lipinski definition) is 1. The van der Waals surface area contributed by atoms with E-state index in [1.807, 2.05) is 36.2 Å². The molecule has 6 heteroatoms. The summed E-state index contributed by atoms with van der Waals surface area (Å²) in [7, 11) is 1.87. The number of anilines is 1. The van der Waals surface area contributed by atoms with Crippen molar-refractivity contribution in [3.05, 3.63) is 30.2 Å². The average molecular weight is 325 g/mol. The van der Waals surface area contributed by atoms with Crippen molar-refractivity contribution >= 4 is 34.1 Å². The average Bonchev–Trinajstić information content (AvgIpc) is 3.06. The summed E-state index contributed by atoms with van der Waals surface area (Å²) in [4.78, 5) is 9.21. The van der Waals surface area contributed by atoms with Crippen molar-refractivity contribution in [3.63, 3.8) is 0 Å². The van der Waals surface area contributed by atoms with Crippen molar-refractivity contribution in [3.8, 4) is 0 Å². The summed E-state index contributed by atoms with van der Waals surface area (Å²) in [5.41, 5.74) is 0. The first-order valence-corrected chi connectivity index (χ1v) is 9.31. The molecule has 0 saturated carbocycles. The monoisotopic (exact) mass is 324 g/mol. The number of nitrogens with zero attached hydrogens (tertiary/aromatic N) is 3. The lowest BCUT2D eigenvalue weighted by Crippen LogP contribution is -2.52. The number of thiophene rings is 1. The highest BCUT2D eigenvalue weighted by Gasteiger charge is 2.19. The molecule has 1 N–H and O–H groups in total. The first-order chi connectivity index (χ1) is 10.3. The Hall–Kier alpha value is -1.14. The molecule has 0 atom stereocenters. The molecule has 1 saturated heterocycles. The van der Waals surface area contributed by atoms with Crippen LogP contribution in [0.1, 0.15) is 0 Å². The third kappa shape index (κ3) is 4.97. The fourth-order valence-corrected chi connectivity index (χ4v) is 3.69. The van der Waals surface area contributed by atoms with E-state index in [-0.39, 0.29) is 0 Å². The summed E-state index contributed by atoms with van der Waals surface area (Å²) in [6.45, 7) is 8.86. The molecule has 0 aliphatic carbocycles. The van der Waals surface area contributed by atoms with Crippen LogP contribution in [0.5, 0.6) is 0 Å². The minimum Gasteiger partial charge on any atom is -0.360 e. The maximum Gasteiger partial charge on any atom is 0.193 e. The van der Waals surface area contributed by atoms with Crippen LogP contribution in [0.3, 0.4) is 0 Å². The van der Waals surface area contributed by atoms with E-state index in [0.717, 1.165) is 50.2 Å². The Labute approximate surface area is 135 Å². The predicted octanol–water partition coefficient (Wildman–Crippen LogP) is 2.36. The van der Waals surface area contributed by atoms with Crippen molar-refractivity contribution in [2.24, 2.45) is 4.99 Å². The summed E-state index contributed by atoms with van der Waals surface area (Å²) >= 11 is 3.71. The smallest absolute Gasteiger partial charge is 0.193 e. The molecular weight excluding hydrogens is 300 g/mol. The van der Waals surface area contributed by atoms with E-state index in [4.69, 9.17) is 0 Å². The molecule has 0 bridgehead atoms. The summed E-state index contributed by atoms with van der Waals surface area (Å²) < 4.78 is 0. The molecule has 2 heterocycles. The van der Waals surface area contributed by atoms with Gasteiger partial charge >= 0.3 is 0 Å². The molecule has 0 radical (unpaired) electrons. The van der Waals surface area contributed by atoms with E-state index in [0.29, 0.717) is 0 Å². The van der Waals surface area contributed by atoms with E-state index in [9.17, 15) is 0 Å². The van der Waals surface area contributed by atoms with Gasteiger partial charge in [-0.2, -0.15) is 11.8 Å². The van der Waals surface area contributed by atoms with Crippen molar-refractivity contribution in [2.45, 2.75) is 0 Å². The lowest BCUT2D eigenvalue weighted by atomic mass is 10.3. The molecular formula is C15H24N4S2. The lowest BCUT2D eigenvalue weighted by molar-refractivity contribution is 0.374. The third-order valence-corrected chi connectivity index (χ3v) is 5.27. The van der Waals surface area contributed by atoms with Crippen LogP contribution in [0, 0.1) is 0 Å². The van der Waals surface area contributed by atoms with Crippen LogP contribution < -0.4 is 10.2 Å². The van der Waals surface area contributed by atoms with Gasteiger partial charge in [0.05, 0.1) is 5.00 Å². The SMILES string of the molecule is C=CCSCCNC(=NC)N1CCN(c2cccs2)CC1. The number of nitrogens with one attached hydrogen (secondary N) is 1. The maximum atomic E-state index is 4.40. The van der Waals surface area contributed by atoms with Gasteiger partial charge < -0.3 is 15.1 Å². The van der Waals surface area contributed by atoms with Crippen molar-refractivity contribution in [1.29, 1.82) is 0 Å². The van der Waals surface area contributed by atoms with E-state index < -0.39 is 0 Å². The summed E-state index contributed by atoms with van der Waals surface area (Å²) in [5, 5.41) is 6.97. The van der Waals surface area contributed by atoms with Gasteiger partial charge in [0.2, 0.25) is 0 Å². The fraction of sp³-hybridized carbons (Fsp3) is 0.533. The second-order valence-electron chi connectivity index (χ2n) is 4.76. The summed E-state index contributed by atoms with van der Waals surface area (Å²) in [6, 6.07) is 4.32. The van der Waals surface area contributed by atoms with E-state index in [2.05, 4.69) is 44.2 Å². The quantitative estimate of drug-likeness (QED) is 0.377. The predicted molar refractivity (Wildman–Crippen MR) is 97.0 cm³/mol. The molecule has 0 aromatic carbocycles. The van der Waals surface area contributed by atoms with Crippen molar-refractivity contribution in [2.75, 3.05) is 56.2 Å². The van der Waals surface area contributed by atoms with Gasteiger partial charge in [-0.15, -0.1) is 17.9 Å². The normalized spacial score (nSPS) is 16.1. The first kappa shape index (κ1) is 16.2.